The molecule has 2 aliphatic rings. The van der Waals surface area contributed by atoms with Crippen molar-refractivity contribution in [2.75, 3.05) is 24.3 Å². The monoisotopic (exact) mass is 527 g/mol. The van der Waals surface area contributed by atoms with Gasteiger partial charge in [-0.3, -0.25) is 4.79 Å². The van der Waals surface area contributed by atoms with Crippen LogP contribution in [0.3, 0.4) is 0 Å². The third kappa shape index (κ3) is 6.68. The summed E-state index contributed by atoms with van der Waals surface area (Å²) >= 11 is 0. The van der Waals surface area contributed by atoms with Crippen LogP contribution in [0.4, 0.5) is 19.0 Å². The minimum absolute atomic E-state index is 0.0113. The largest absolute Gasteiger partial charge is 0.376 e. The third-order valence-corrected chi connectivity index (χ3v) is 7.78. The van der Waals surface area contributed by atoms with Crippen LogP contribution in [-0.4, -0.2) is 57.0 Å². The Morgan fingerprint density at radius 2 is 1.81 bits per heavy atom. The van der Waals surface area contributed by atoms with Gasteiger partial charge in [-0.05, 0) is 43.6 Å². The van der Waals surface area contributed by atoms with E-state index in [9.17, 15) is 26.4 Å². The van der Waals surface area contributed by atoms with Gasteiger partial charge < -0.3 is 14.2 Å². The Hall–Kier alpha value is -2.37. The van der Waals surface area contributed by atoms with E-state index in [4.69, 9.17) is 4.74 Å². The van der Waals surface area contributed by atoms with Crippen molar-refractivity contribution in [1.29, 1.82) is 0 Å². The van der Waals surface area contributed by atoms with Crippen molar-refractivity contribution >= 4 is 15.8 Å². The van der Waals surface area contributed by atoms with Crippen molar-refractivity contribution in [2.45, 2.75) is 69.2 Å². The second-order valence-electron chi connectivity index (χ2n) is 9.65. The highest BCUT2D eigenvalue weighted by atomic mass is 32.2. The summed E-state index contributed by atoms with van der Waals surface area (Å²) in [5.41, 5.74) is 0.401. The van der Waals surface area contributed by atoms with Gasteiger partial charge in [-0.15, -0.1) is 0 Å². The molecule has 1 saturated carbocycles. The van der Waals surface area contributed by atoms with E-state index in [0.717, 1.165) is 48.8 Å². The smallest absolute Gasteiger partial charge is 0.256 e. The number of halogens is 3. The summed E-state index contributed by atoms with van der Waals surface area (Å²) in [6.07, 6.45) is 3.11. The van der Waals surface area contributed by atoms with Gasteiger partial charge in [0, 0.05) is 24.8 Å². The van der Waals surface area contributed by atoms with Crippen molar-refractivity contribution in [3.8, 4) is 0 Å². The summed E-state index contributed by atoms with van der Waals surface area (Å²) in [5.74, 6) is -0.523. The lowest BCUT2D eigenvalue weighted by Crippen LogP contribution is -2.48. The molecule has 1 saturated heterocycles. The number of benzene rings is 1. The average Bonchev–Trinajstić information content (AvgIpc) is 3.21. The summed E-state index contributed by atoms with van der Waals surface area (Å²) in [5, 5.41) is 0. The number of aromatic nitrogens is 1. The molecule has 2 heterocycles. The lowest BCUT2D eigenvalue weighted by molar-refractivity contribution is 0.0155. The first-order chi connectivity index (χ1) is 17.1. The zero-order valence-corrected chi connectivity index (χ0v) is 21.0. The maximum absolute atomic E-state index is 13.9. The fourth-order valence-electron chi connectivity index (χ4n) is 5.36. The summed E-state index contributed by atoms with van der Waals surface area (Å²) in [4.78, 5) is 13.7. The van der Waals surface area contributed by atoms with Gasteiger partial charge in [0.05, 0.1) is 31.6 Å². The zero-order chi connectivity index (χ0) is 25.9. The van der Waals surface area contributed by atoms with Crippen molar-refractivity contribution in [3.05, 3.63) is 64.2 Å². The topological polar surface area (TPSA) is 80.6 Å². The van der Waals surface area contributed by atoms with Crippen LogP contribution >= 0.6 is 0 Å². The summed E-state index contributed by atoms with van der Waals surface area (Å²) in [6.45, 7) is -0.339. The second-order valence-corrected chi connectivity index (χ2v) is 11.4. The van der Waals surface area contributed by atoms with Crippen LogP contribution in [0.5, 0.6) is 0 Å². The minimum Gasteiger partial charge on any atom is -0.376 e. The predicted octanol–water partition coefficient (Wildman–Crippen LogP) is 3.49. The molecule has 1 aromatic heterocycles. The molecule has 198 valence electrons. The molecule has 2 aromatic rings. The van der Waals surface area contributed by atoms with Crippen LogP contribution in [0.25, 0.3) is 0 Å². The molecule has 0 radical (unpaired) electrons. The Morgan fingerprint density at radius 1 is 1.11 bits per heavy atom. The van der Waals surface area contributed by atoms with E-state index in [2.05, 4.69) is 16.9 Å². The summed E-state index contributed by atoms with van der Waals surface area (Å²) in [7, 11) is -3.55. The standard InChI is InChI=1S/C25H32F3N3O4S/c1-36(33,34)29-21-11-12-31(25-13-23(32)20(26)14-30(25)15-24(27)28)22(21)16-35-19-9-7-18(8-10-19)17-5-3-2-4-6-17/h2-6,13-14,18-19,21-22,24,29H,7-12,15-16H2,1H3/t18?,19?,21-,22-/m0/s1. The van der Waals surface area contributed by atoms with Gasteiger partial charge >= 0.3 is 0 Å². The molecule has 1 aliphatic carbocycles. The number of sulfonamides is 1. The first-order valence-corrected chi connectivity index (χ1v) is 14.1. The van der Waals surface area contributed by atoms with Gasteiger partial charge in [-0.1, -0.05) is 30.3 Å². The molecule has 0 bridgehead atoms. The highest BCUT2D eigenvalue weighted by molar-refractivity contribution is 7.88. The number of nitrogens with one attached hydrogen (secondary N) is 1. The van der Waals surface area contributed by atoms with Crippen molar-refractivity contribution in [3.63, 3.8) is 0 Å². The molecule has 0 unspecified atom stereocenters. The van der Waals surface area contributed by atoms with E-state index in [1.54, 1.807) is 4.90 Å². The maximum atomic E-state index is 13.9. The van der Waals surface area contributed by atoms with Crippen LogP contribution in [0.2, 0.25) is 0 Å². The third-order valence-electron chi connectivity index (χ3n) is 7.05. The van der Waals surface area contributed by atoms with Crippen LogP contribution in [0.15, 0.2) is 47.4 Å². The molecule has 1 N–H and O–H groups in total. The van der Waals surface area contributed by atoms with E-state index in [1.807, 2.05) is 18.2 Å². The molecule has 11 heteroatoms. The zero-order valence-electron chi connectivity index (χ0n) is 20.2. The fraction of sp³-hybridized carbons (Fsp3) is 0.560. The molecule has 36 heavy (non-hydrogen) atoms. The van der Waals surface area contributed by atoms with Gasteiger partial charge in [0.1, 0.15) is 5.82 Å². The van der Waals surface area contributed by atoms with Crippen LogP contribution in [0.1, 0.15) is 43.6 Å². The van der Waals surface area contributed by atoms with E-state index in [0.29, 0.717) is 18.9 Å². The Kier molecular flexibility index (Phi) is 8.41. The van der Waals surface area contributed by atoms with E-state index >= 15 is 0 Å². The molecule has 7 nitrogen and oxygen atoms in total. The number of anilines is 1. The number of ether oxygens (including phenoxy) is 1. The maximum Gasteiger partial charge on any atom is 0.256 e. The first-order valence-electron chi connectivity index (χ1n) is 12.2. The molecule has 1 aliphatic heterocycles. The van der Waals surface area contributed by atoms with E-state index in [1.165, 1.54) is 5.56 Å². The molecule has 2 atom stereocenters. The SMILES string of the molecule is CS(=O)(=O)N[C@H]1CCN(c2cc(=O)c(F)cn2CC(F)F)[C@H]1COC1CCC(c2ccccc2)CC1. The number of hydrogen-bond donors (Lipinski definition) is 1. The van der Waals surface area contributed by atoms with Crippen LogP contribution in [0, 0.1) is 5.82 Å². The normalized spacial score (nSPS) is 25.0. The highest BCUT2D eigenvalue weighted by Gasteiger charge is 2.38. The van der Waals surface area contributed by atoms with Crippen molar-refractivity contribution < 1.29 is 26.3 Å². The predicted molar refractivity (Wildman–Crippen MR) is 132 cm³/mol. The molecule has 0 amide bonds. The van der Waals surface area contributed by atoms with E-state index < -0.39 is 46.3 Å². The Labute approximate surface area is 209 Å². The minimum atomic E-state index is -3.55. The van der Waals surface area contributed by atoms with Crippen LogP contribution in [-0.2, 0) is 21.3 Å². The van der Waals surface area contributed by atoms with Crippen LogP contribution < -0.4 is 15.1 Å². The van der Waals surface area contributed by atoms with E-state index in [-0.39, 0.29) is 18.5 Å². The number of alkyl halides is 2. The number of nitrogens with zero attached hydrogens (tertiary/aromatic N) is 2. The summed E-state index contributed by atoms with van der Waals surface area (Å²) < 4.78 is 74.2. The van der Waals surface area contributed by atoms with Gasteiger partial charge in [0.2, 0.25) is 15.5 Å². The fourth-order valence-corrected chi connectivity index (χ4v) is 6.18. The van der Waals surface area contributed by atoms with Gasteiger partial charge in [0.25, 0.3) is 6.43 Å². The van der Waals surface area contributed by atoms with Gasteiger partial charge in [-0.25, -0.2) is 26.3 Å². The molecule has 2 fully saturated rings. The highest BCUT2D eigenvalue weighted by Crippen LogP contribution is 2.35. The van der Waals surface area contributed by atoms with Gasteiger partial charge in [0.15, 0.2) is 5.82 Å². The Bertz CT molecular complexity index is 1180. The Morgan fingerprint density at radius 3 is 2.44 bits per heavy atom. The molecular weight excluding hydrogens is 495 g/mol. The van der Waals surface area contributed by atoms with Gasteiger partial charge in [-0.2, -0.15) is 0 Å². The summed E-state index contributed by atoms with van der Waals surface area (Å²) in [6, 6.07) is 10.2. The number of hydrogen-bond acceptors (Lipinski definition) is 5. The first kappa shape index (κ1) is 26.7. The molecule has 4 rings (SSSR count). The molecule has 1 aromatic carbocycles. The molecule has 0 spiro atoms. The van der Waals surface area contributed by atoms with Crippen molar-refractivity contribution in [2.24, 2.45) is 0 Å². The molecular formula is C25H32F3N3O4S. The quantitative estimate of drug-likeness (QED) is 0.540. The Balaban J connectivity index is 1.50. The number of rotatable bonds is 9. The van der Waals surface area contributed by atoms with Crippen molar-refractivity contribution in [1.82, 2.24) is 9.29 Å². The average molecular weight is 528 g/mol. The number of pyridine rings is 1. The lowest BCUT2D eigenvalue weighted by Gasteiger charge is -2.34. The second kappa shape index (κ2) is 11.4. The lowest BCUT2D eigenvalue weighted by atomic mass is 9.83.